The predicted octanol–water partition coefficient (Wildman–Crippen LogP) is 7.63. The van der Waals surface area contributed by atoms with Crippen LogP contribution in [0.2, 0.25) is 0 Å². The summed E-state index contributed by atoms with van der Waals surface area (Å²) in [4.78, 5) is 9.98. The zero-order chi connectivity index (χ0) is 26.4. The van der Waals surface area contributed by atoms with E-state index in [1.165, 1.54) is 91.3 Å². The summed E-state index contributed by atoms with van der Waals surface area (Å²) < 4.78 is 2.40. The van der Waals surface area contributed by atoms with E-state index in [1.54, 1.807) is 0 Å². The molecule has 0 radical (unpaired) electrons. The lowest BCUT2D eigenvalue weighted by atomic mass is 9.90. The molecule has 3 heterocycles. The molecule has 4 heteroatoms. The monoisotopic (exact) mass is 520 g/mol. The molecule has 2 fully saturated rings. The molecule has 4 nitrogen and oxygen atoms in total. The maximum atomic E-state index is 4.44. The normalized spacial score (nSPS) is 19.2. The van der Waals surface area contributed by atoms with Crippen LogP contribution in [0.5, 0.6) is 0 Å². The lowest BCUT2D eigenvalue weighted by Gasteiger charge is -2.41. The van der Waals surface area contributed by atoms with Crippen molar-refractivity contribution in [2.45, 2.75) is 77.4 Å². The highest BCUT2D eigenvalue weighted by Crippen LogP contribution is 2.30. The molecule has 2 aliphatic rings. The molecule has 0 amide bonds. The number of rotatable bonds is 9. The van der Waals surface area contributed by atoms with Crippen molar-refractivity contribution in [2.75, 3.05) is 19.6 Å². The summed E-state index contributed by atoms with van der Waals surface area (Å²) in [5, 5.41) is 1.36. The predicted molar refractivity (Wildman–Crippen MR) is 162 cm³/mol. The van der Waals surface area contributed by atoms with Gasteiger partial charge in [-0.2, -0.15) is 0 Å². The number of hydrogen-bond acceptors (Lipinski definition) is 3. The van der Waals surface area contributed by atoms with Gasteiger partial charge in [0.2, 0.25) is 0 Å². The van der Waals surface area contributed by atoms with Crippen molar-refractivity contribution >= 4 is 10.9 Å². The van der Waals surface area contributed by atoms with E-state index in [1.807, 2.05) is 12.4 Å². The quantitative estimate of drug-likeness (QED) is 0.227. The highest BCUT2D eigenvalue weighted by atomic mass is 15.2. The Balaban J connectivity index is 1.27. The molecule has 0 bridgehead atoms. The molecule has 39 heavy (non-hydrogen) atoms. The Hall–Kier alpha value is -2.95. The number of hydrogen-bond donors (Lipinski definition) is 0. The van der Waals surface area contributed by atoms with Crippen LogP contribution in [0.3, 0.4) is 0 Å². The van der Waals surface area contributed by atoms with Crippen molar-refractivity contribution in [3.8, 4) is 5.69 Å². The van der Waals surface area contributed by atoms with Crippen LogP contribution in [0.1, 0.15) is 68.6 Å². The van der Waals surface area contributed by atoms with E-state index in [2.05, 4.69) is 93.1 Å². The molecule has 2 aromatic carbocycles. The molecule has 6 rings (SSSR count). The van der Waals surface area contributed by atoms with E-state index in [9.17, 15) is 0 Å². The number of aromatic nitrogens is 2. The van der Waals surface area contributed by atoms with E-state index in [0.29, 0.717) is 0 Å². The first-order chi connectivity index (χ1) is 19.3. The number of fused-ring (bicyclic) bond motifs is 1. The minimum Gasteiger partial charge on any atom is -0.316 e. The first kappa shape index (κ1) is 26.3. The number of para-hydroxylation sites is 1. The summed E-state index contributed by atoms with van der Waals surface area (Å²) >= 11 is 0. The van der Waals surface area contributed by atoms with E-state index in [4.69, 9.17) is 0 Å². The first-order valence-corrected chi connectivity index (χ1v) is 15.3. The van der Waals surface area contributed by atoms with Crippen molar-refractivity contribution in [3.05, 3.63) is 95.9 Å². The molecule has 1 atom stereocenters. The standard InChI is InChI=1S/C35H44N4/c1-2-28-11-8-16-33(21-28)39-27-31(34-17-6-7-18-35(34)39)26-37(23-29-12-9-19-36-22-29)24-30-13-10-20-38(25-30)32-14-4-3-5-15-32/h6-9,11-12,16-19,21-22,27,30,32H,2-5,10,13-15,20,23-26H2,1H3. The topological polar surface area (TPSA) is 24.3 Å². The van der Waals surface area contributed by atoms with Crippen LogP contribution in [0.25, 0.3) is 16.6 Å². The maximum Gasteiger partial charge on any atom is 0.0531 e. The molecule has 204 valence electrons. The van der Waals surface area contributed by atoms with Crippen LogP contribution < -0.4 is 0 Å². The Bertz CT molecular complexity index is 1340. The number of nitrogens with zero attached hydrogens (tertiary/aromatic N) is 4. The van der Waals surface area contributed by atoms with Crippen LogP contribution in [-0.2, 0) is 19.5 Å². The Morgan fingerprint density at radius 2 is 1.74 bits per heavy atom. The first-order valence-electron chi connectivity index (χ1n) is 15.3. The number of likely N-dealkylation sites (tertiary alicyclic amines) is 1. The van der Waals surface area contributed by atoms with Gasteiger partial charge in [-0.15, -0.1) is 0 Å². The van der Waals surface area contributed by atoms with Crippen LogP contribution >= 0.6 is 0 Å². The highest BCUT2D eigenvalue weighted by Gasteiger charge is 2.28. The van der Waals surface area contributed by atoms with Crippen LogP contribution in [0, 0.1) is 5.92 Å². The molecule has 0 N–H and O–H groups in total. The Labute approximate surface area is 234 Å². The lowest BCUT2D eigenvalue weighted by molar-refractivity contribution is 0.0772. The highest BCUT2D eigenvalue weighted by molar-refractivity contribution is 5.85. The molecule has 4 aromatic rings. The fourth-order valence-electron chi connectivity index (χ4n) is 7.08. The average molecular weight is 521 g/mol. The zero-order valence-corrected chi connectivity index (χ0v) is 23.6. The SMILES string of the molecule is CCc1cccc(-n2cc(CN(Cc3cccnc3)CC3CCCN(C4CCCCC4)C3)c3ccccc32)c1. The molecule has 0 spiro atoms. The van der Waals surface area contributed by atoms with Gasteiger partial charge < -0.3 is 9.47 Å². The van der Waals surface area contributed by atoms with Gasteiger partial charge in [-0.1, -0.05) is 62.6 Å². The summed E-state index contributed by atoms with van der Waals surface area (Å²) in [6.45, 7) is 7.83. The molecule has 1 aliphatic carbocycles. The van der Waals surface area contributed by atoms with Gasteiger partial charge >= 0.3 is 0 Å². The van der Waals surface area contributed by atoms with Gasteiger partial charge in [0.05, 0.1) is 5.52 Å². The van der Waals surface area contributed by atoms with Gasteiger partial charge in [-0.25, -0.2) is 0 Å². The number of piperidine rings is 1. The van der Waals surface area contributed by atoms with Crippen LogP contribution in [0.4, 0.5) is 0 Å². The smallest absolute Gasteiger partial charge is 0.0531 e. The molecule has 1 saturated heterocycles. The molecular weight excluding hydrogens is 476 g/mol. The fourth-order valence-corrected chi connectivity index (χ4v) is 7.08. The van der Waals surface area contributed by atoms with Gasteiger partial charge in [-0.3, -0.25) is 9.88 Å². The molecule has 2 aromatic heterocycles. The van der Waals surface area contributed by atoms with Gasteiger partial charge in [0.15, 0.2) is 0 Å². The minimum atomic E-state index is 0.729. The largest absolute Gasteiger partial charge is 0.316 e. The van der Waals surface area contributed by atoms with Crippen molar-refractivity contribution in [2.24, 2.45) is 5.92 Å². The number of aryl methyl sites for hydroxylation is 1. The summed E-state index contributed by atoms with van der Waals surface area (Å²) in [6, 6.07) is 23.1. The van der Waals surface area contributed by atoms with Crippen LogP contribution in [0.15, 0.2) is 79.3 Å². The summed E-state index contributed by atoms with van der Waals surface area (Å²) in [5.41, 5.74) is 6.65. The zero-order valence-electron chi connectivity index (χ0n) is 23.6. The van der Waals surface area contributed by atoms with Gasteiger partial charge in [0, 0.05) is 61.9 Å². The third kappa shape index (κ3) is 6.28. The van der Waals surface area contributed by atoms with E-state index in [0.717, 1.165) is 38.0 Å². The Kier molecular flexibility index (Phi) is 8.41. The number of pyridine rings is 1. The summed E-state index contributed by atoms with van der Waals surface area (Å²) in [7, 11) is 0. The van der Waals surface area contributed by atoms with Crippen molar-refractivity contribution in [1.82, 2.24) is 19.4 Å². The van der Waals surface area contributed by atoms with Crippen molar-refractivity contribution < 1.29 is 0 Å². The van der Waals surface area contributed by atoms with Crippen molar-refractivity contribution in [1.29, 1.82) is 0 Å². The molecule has 1 unspecified atom stereocenters. The third-order valence-corrected chi connectivity index (χ3v) is 9.07. The molecular formula is C35H44N4. The average Bonchev–Trinajstić information content (AvgIpc) is 3.36. The third-order valence-electron chi connectivity index (χ3n) is 9.07. The van der Waals surface area contributed by atoms with Crippen LogP contribution in [-0.4, -0.2) is 45.0 Å². The molecule has 1 aliphatic heterocycles. The second-order valence-electron chi connectivity index (χ2n) is 11.9. The second kappa shape index (κ2) is 12.5. The van der Waals surface area contributed by atoms with Crippen molar-refractivity contribution in [3.63, 3.8) is 0 Å². The Morgan fingerprint density at radius 3 is 2.59 bits per heavy atom. The van der Waals surface area contributed by atoms with E-state index >= 15 is 0 Å². The maximum absolute atomic E-state index is 4.44. The molecule has 1 saturated carbocycles. The fraction of sp³-hybridized carbons (Fsp3) is 0.457. The number of benzene rings is 2. The lowest BCUT2D eigenvalue weighted by Crippen LogP contribution is -2.46. The van der Waals surface area contributed by atoms with Gasteiger partial charge in [0.25, 0.3) is 0 Å². The summed E-state index contributed by atoms with van der Waals surface area (Å²) in [6.07, 6.45) is 17.2. The second-order valence-corrected chi connectivity index (χ2v) is 11.9. The Morgan fingerprint density at radius 1 is 0.872 bits per heavy atom. The van der Waals surface area contributed by atoms with Gasteiger partial charge in [-0.05, 0) is 85.5 Å². The summed E-state index contributed by atoms with van der Waals surface area (Å²) in [5.74, 6) is 0.729. The van der Waals surface area contributed by atoms with E-state index in [-0.39, 0.29) is 0 Å². The van der Waals surface area contributed by atoms with Gasteiger partial charge in [0.1, 0.15) is 0 Å². The van der Waals surface area contributed by atoms with E-state index < -0.39 is 0 Å². The minimum absolute atomic E-state index is 0.729.